The van der Waals surface area contributed by atoms with Crippen LogP contribution in [0.25, 0.3) is 0 Å². The molecule has 0 aliphatic heterocycles. The quantitative estimate of drug-likeness (QED) is 0.693. The lowest BCUT2D eigenvalue weighted by Gasteiger charge is -2.26. The summed E-state index contributed by atoms with van der Waals surface area (Å²) in [6, 6.07) is 6.09. The van der Waals surface area contributed by atoms with Crippen molar-refractivity contribution in [2.75, 3.05) is 24.7 Å². The van der Waals surface area contributed by atoms with Crippen molar-refractivity contribution in [3.05, 3.63) is 23.8 Å². The minimum Gasteiger partial charge on any atom is -0.399 e. The lowest BCUT2D eigenvalue weighted by atomic mass is 9.85. The molecule has 1 rings (SSSR count). The first-order chi connectivity index (χ1) is 6.32. The van der Waals surface area contributed by atoms with E-state index in [1.54, 1.807) is 0 Å². The zero-order chi connectivity index (χ0) is 10.9. The van der Waals surface area contributed by atoms with E-state index >= 15 is 0 Å². The molecule has 0 unspecified atom stereocenters. The van der Waals surface area contributed by atoms with Gasteiger partial charge in [-0.25, -0.2) is 0 Å². The molecule has 0 aliphatic rings. The van der Waals surface area contributed by atoms with Crippen molar-refractivity contribution >= 4 is 11.4 Å². The van der Waals surface area contributed by atoms with E-state index in [9.17, 15) is 0 Å². The molecule has 0 fully saturated rings. The van der Waals surface area contributed by atoms with E-state index < -0.39 is 0 Å². The van der Waals surface area contributed by atoms with Crippen LogP contribution in [0.2, 0.25) is 0 Å². The van der Waals surface area contributed by atoms with Crippen molar-refractivity contribution < 1.29 is 0 Å². The topological polar surface area (TPSA) is 29.3 Å². The summed E-state index contributed by atoms with van der Waals surface area (Å²) < 4.78 is 0. The lowest BCUT2D eigenvalue weighted by Crippen LogP contribution is -2.19. The minimum absolute atomic E-state index is 0.134. The van der Waals surface area contributed by atoms with Crippen LogP contribution < -0.4 is 10.6 Å². The van der Waals surface area contributed by atoms with Crippen molar-refractivity contribution in [2.24, 2.45) is 0 Å². The predicted octanol–water partition coefficient (Wildman–Crippen LogP) is 2.63. The average molecular weight is 192 g/mol. The third kappa shape index (κ3) is 2.19. The van der Waals surface area contributed by atoms with Crippen LogP contribution in [-0.2, 0) is 5.41 Å². The molecule has 2 N–H and O–H groups in total. The van der Waals surface area contributed by atoms with Crippen molar-refractivity contribution in [1.29, 1.82) is 0 Å². The first kappa shape index (κ1) is 10.9. The van der Waals surface area contributed by atoms with Gasteiger partial charge in [0.2, 0.25) is 0 Å². The fraction of sp³-hybridized carbons (Fsp3) is 0.500. The van der Waals surface area contributed by atoms with E-state index in [0.717, 1.165) is 5.69 Å². The van der Waals surface area contributed by atoms with Crippen molar-refractivity contribution in [3.8, 4) is 0 Å². The summed E-state index contributed by atoms with van der Waals surface area (Å²) in [5.41, 5.74) is 9.31. The van der Waals surface area contributed by atoms with Crippen LogP contribution in [0, 0.1) is 0 Å². The molecule has 0 aromatic heterocycles. The van der Waals surface area contributed by atoms with Gasteiger partial charge < -0.3 is 10.6 Å². The van der Waals surface area contributed by atoms with Crippen LogP contribution in [0.15, 0.2) is 18.2 Å². The smallest absolute Gasteiger partial charge is 0.0400 e. The second-order valence-corrected chi connectivity index (χ2v) is 4.92. The van der Waals surface area contributed by atoms with E-state index in [2.05, 4.69) is 51.9 Å². The molecule has 78 valence electrons. The van der Waals surface area contributed by atoms with Gasteiger partial charge in [0.05, 0.1) is 0 Å². The summed E-state index contributed by atoms with van der Waals surface area (Å²) >= 11 is 0. The Labute approximate surface area is 86.7 Å². The van der Waals surface area contributed by atoms with Gasteiger partial charge in [-0.3, -0.25) is 0 Å². The molecule has 14 heavy (non-hydrogen) atoms. The summed E-state index contributed by atoms with van der Waals surface area (Å²) in [6.07, 6.45) is 0. The molecule has 1 aromatic carbocycles. The maximum Gasteiger partial charge on any atom is 0.0400 e. The SMILES string of the molecule is CN(C)c1ccc(N)cc1C(C)(C)C. The zero-order valence-corrected chi connectivity index (χ0v) is 9.76. The standard InChI is InChI=1S/C12H20N2/c1-12(2,3)10-8-9(13)6-7-11(10)14(4)5/h6-8H,13H2,1-5H3. The van der Waals surface area contributed by atoms with Gasteiger partial charge in [-0.05, 0) is 29.2 Å². The van der Waals surface area contributed by atoms with Gasteiger partial charge in [-0.15, -0.1) is 0 Å². The Kier molecular flexibility index (Phi) is 2.74. The monoisotopic (exact) mass is 192 g/mol. The minimum atomic E-state index is 0.134. The number of nitrogens with zero attached hydrogens (tertiary/aromatic N) is 1. The van der Waals surface area contributed by atoms with Gasteiger partial charge in [-0.1, -0.05) is 20.8 Å². The van der Waals surface area contributed by atoms with Crippen LogP contribution in [0.1, 0.15) is 26.3 Å². The second kappa shape index (κ2) is 3.52. The molecule has 0 atom stereocenters. The highest BCUT2D eigenvalue weighted by atomic mass is 15.1. The van der Waals surface area contributed by atoms with Crippen molar-refractivity contribution in [2.45, 2.75) is 26.2 Å². The molecule has 0 radical (unpaired) electrons. The third-order valence-electron chi connectivity index (χ3n) is 2.31. The van der Waals surface area contributed by atoms with Crippen LogP contribution in [0.3, 0.4) is 0 Å². The molecule has 0 spiro atoms. The summed E-state index contributed by atoms with van der Waals surface area (Å²) in [5.74, 6) is 0. The first-order valence-electron chi connectivity index (χ1n) is 4.89. The highest BCUT2D eigenvalue weighted by molar-refractivity contribution is 5.61. The van der Waals surface area contributed by atoms with E-state index in [4.69, 9.17) is 5.73 Å². The lowest BCUT2D eigenvalue weighted by molar-refractivity contribution is 0.590. The summed E-state index contributed by atoms with van der Waals surface area (Å²) in [7, 11) is 4.11. The van der Waals surface area contributed by atoms with Gasteiger partial charge in [-0.2, -0.15) is 0 Å². The molecule has 2 nitrogen and oxygen atoms in total. The van der Waals surface area contributed by atoms with Gasteiger partial charge >= 0.3 is 0 Å². The van der Waals surface area contributed by atoms with E-state index in [-0.39, 0.29) is 5.41 Å². The summed E-state index contributed by atoms with van der Waals surface area (Å²) in [4.78, 5) is 2.13. The van der Waals surface area contributed by atoms with Crippen LogP contribution in [0.4, 0.5) is 11.4 Å². The maximum atomic E-state index is 5.81. The highest BCUT2D eigenvalue weighted by Crippen LogP contribution is 2.32. The Morgan fingerprint density at radius 3 is 2.14 bits per heavy atom. The number of nitrogen functional groups attached to an aromatic ring is 1. The predicted molar refractivity (Wildman–Crippen MR) is 63.9 cm³/mol. The van der Waals surface area contributed by atoms with Gasteiger partial charge in [0.1, 0.15) is 0 Å². The Hall–Kier alpha value is -1.18. The number of anilines is 2. The molecule has 0 bridgehead atoms. The van der Waals surface area contributed by atoms with Crippen LogP contribution in [0.5, 0.6) is 0 Å². The number of hydrogen-bond donors (Lipinski definition) is 1. The summed E-state index contributed by atoms with van der Waals surface area (Å²) in [6.45, 7) is 6.61. The maximum absolute atomic E-state index is 5.81. The fourth-order valence-electron chi connectivity index (χ4n) is 1.54. The molecule has 0 amide bonds. The molecule has 1 aromatic rings. The molecular weight excluding hydrogens is 172 g/mol. The van der Waals surface area contributed by atoms with E-state index in [1.807, 2.05) is 6.07 Å². The largest absolute Gasteiger partial charge is 0.399 e. The molecular formula is C12H20N2. The molecule has 0 aliphatic carbocycles. The number of benzene rings is 1. The zero-order valence-electron chi connectivity index (χ0n) is 9.76. The average Bonchev–Trinajstić information content (AvgIpc) is 2.01. The van der Waals surface area contributed by atoms with Crippen LogP contribution >= 0.6 is 0 Å². The van der Waals surface area contributed by atoms with E-state index in [0.29, 0.717) is 0 Å². The summed E-state index contributed by atoms with van der Waals surface area (Å²) in [5, 5.41) is 0. The third-order valence-corrected chi connectivity index (χ3v) is 2.31. The second-order valence-electron chi connectivity index (χ2n) is 4.92. The molecule has 2 heteroatoms. The normalized spacial score (nSPS) is 11.5. The molecule has 0 saturated carbocycles. The fourth-order valence-corrected chi connectivity index (χ4v) is 1.54. The Bertz CT molecular complexity index is 322. The first-order valence-corrected chi connectivity index (χ1v) is 4.89. The van der Waals surface area contributed by atoms with Gasteiger partial charge in [0.25, 0.3) is 0 Å². The molecule has 0 heterocycles. The Morgan fingerprint density at radius 2 is 1.71 bits per heavy atom. The number of rotatable bonds is 1. The highest BCUT2D eigenvalue weighted by Gasteiger charge is 2.18. The molecule has 0 saturated heterocycles. The van der Waals surface area contributed by atoms with Crippen molar-refractivity contribution in [1.82, 2.24) is 0 Å². The van der Waals surface area contributed by atoms with E-state index in [1.165, 1.54) is 11.3 Å². The van der Waals surface area contributed by atoms with Gasteiger partial charge in [0.15, 0.2) is 0 Å². The Morgan fingerprint density at radius 1 is 1.14 bits per heavy atom. The van der Waals surface area contributed by atoms with Crippen LogP contribution in [-0.4, -0.2) is 14.1 Å². The number of hydrogen-bond acceptors (Lipinski definition) is 2. The Balaban J connectivity index is 3.30. The number of nitrogens with two attached hydrogens (primary N) is 1. The van der Waals surface area contributed by atoms with Gasteiger partial charge in [0, 0.05) is 25.5 Å². The van der Waals surface area contributed by atoms with Crippen molar-refractivity contribution in [3.63, 3.8) is 0 Å².